The molecule has 1 amide bonds. The third-order valence-electron chi connectivity index (χ3n) is 5.10. The van der Waals surface area contributed by atoms with Gasteiger partial charge in [-0.15, -0.1) is 0 Å². The summed E-state index contributed by atoms with van der Waals surface area (Å²) in [5.74, 6) is -0.746. The molecule has 0 radical (unpaired) electrons. The van der Waals surface area contributed by atoms with E-state index in [1.807, 2.05) is 52.0 Å². The summed E-state index contributed by atoms with van der Waals surface area (Å²) in [4.78, 5) is 14.4. The molecule has 1 aliphatic heterocycles. The van der Waals surface area contributed by atoms with Gasteiger partial charge in [-0.3, -0.25) is 0 Å². The van der Waals surface area contributed by atoms with Crippen molar-refractivity contribution in [3.8, 4) is 0 Å². The van der Waals surface area contributed by atoms with Crippen LogP contribution in [0.25, 0.3) is 0 Å². The van der Waals surface area contributed by atoms with Gasteiger partial charge in [0.25, 0.3) is 0 Å². The first kappa shape index (κ1) is 23.9. The van der Waals surface area contributed by atoms with E-state index in [1.165, 1.54) is 0 Å². The summed E-state index contributed by atoms with van der Waals surface area (Å²) in [5.41, 5.74) is 0.453. The maximum Gasteiger partial charge on any atom is 0.410 e. The molecular formula is C22H34ClNO5. The molecule has 2 rings (SSSR count). The van der Waals surface area contributed by atoms with Gasteiger partial charge in [-0.25, -0.2) is 4.79 Å². The Morgan fingerprint density at radius 1 is 1.24 bits per heavy atom. The fraction of sp³-hybridized carbons (Fsp3) is 0.682. The van der Waals surface area contributed by atoms with E-state index >= 15 is 0 Å². The Labute approximate surface area is 179 Å². The number of rotatable bonds is 7. The molecule has 1 aromatic rings. The number of likely N-dealkylation sites (tertiary alicyclic amines) is 1. The number of carbonyl (C=O) groups excluding carboxylic acids is 1. The van der Waals surface area contributed by atoms with Gasteiger partial charge >= 0.3 is 6.09 Å². The Morgan fingerprint density at radius 3 is 2.52 bits per heavy atom. The minimum absolute atomic E-state index is 0.104. The van der Waals surface area contributed by atoms with Crippen LogP contribution in [0.5, 0.6) is 0 Å². The van der Waals surface area contributed by atoms with Crippen LogP contribution in [0.15, 0.2) is 24.3 Å². The van der Waals surface area contributed by atoms with Gasteiger partial charge in [0.05, 0.1) is 6.10 Å². The fourth-order valence-electron chi connectivity index (χ4n) is 3.38. The molecule has 0 aromatic heterocycles. The second-order valence-electron chi connectivity index (χ2n) is 8.66. The SMILES string of the molecule is COC(C)(COC(c1cccc(Cl)c1)C1CCCN(C(=O)OC(C)(C)C)C1)OC. The number of carbonyl (C=O) groups is 1. The van der Waals surface area contributed by atoms with E-state index in [4.69, 9.17) is 30.5 Å². The van der Waals surface area contributed by atoms with Crippen molar-refractivity contribution in [3.63, 3.8) is 0 Å². The Hall–Kier alpha value is -1.34. The molecule has 7 heteroatoms. The summed E-state index contributed by atoms with van der Waals surface area (Å²) in [6.07, 6.45) is 1.29. The van der Waals surface area contributed by atoms with E-state index in [0.29, 0.717) is 18.1 Å². The van der Waals surface area contributed by atoms with Crippen molar-refractivity contribution in [2.24, 2.45) is 5.92 Å². The van der Waals surface area contributed by atoms with Gasteiger partial charge in [0.2, 0.25) is 0 Å². The summed E-state index contributed by atoms with van der Waals surface area (Å²) in [7, 11) is 3.18. The summed E-state index contributed by atoms with van der Waals surface area (Å²) < 4.78 is 22.8. The van der Waals surface area contributed by atoms with Gasteiger partial charge in [-0.2, -0.15) is 0 Å². The predicted octanol–water partition coefficient (Wildman–Crippen LogP) is 5.05. The highest BCUT2D eigenvalue weighted by Crippen LogP contribution is 2.35. The van der Waals surface area contributed by atoms with Crippen molar-refractivity contribution in [1.82, 2.24) is 4.90 Å². The third kappa shape index (κ3) is 7.14. The molecule has 6 nitrogen and oxygen atoms in total. The van der Waals surface area contributed by atoms with Crippen LogP contribution in [0.1, 0.15) is 52.2 Å². The minimum Gasteiger partial charge on any atom is -0.444 e. The van der Waals surface area contributed by atoms with Gasteiger partial charge in [0, 0.05) is 38.2 Å². The molecule has 29 heavy (non-hydrogen) atoms. The van der Waals surface area contributed by atoms with Crippen LogP contribution in [-0.2, 0) is 18.9 Å². The van der Waals surface area contributed by atoms with Gasteiger partial charge in [0.1, 0.15) is 12.2 Å². The third-order valence-corrected chi connectivity index (χ3v) is 5.34. The van der Waals surface area contributed by atoms with Crippen LogP contribution in [0.2, 0.25) is 5.02 Å². The number of ether oxygens (including phenoxy) is 4. The van der Waals surface area contributed by atoms with E-state index in [1.54, 1.807) is 19.1 Å². The van der Waals surface area contributed by atoms with Crippen molar-refractivity contribution in [2.45, 2.75) is 58.0 Å². The molecule has 1 aromatic carbocycles. The number of nitrogens with zero attached hydrogens (tertiary/aromatic N) is 1. The van der Waals surface area contributed by atoms with Crippen molar-refractivity contribution in [3.05, 3.63) is 34.9 Å². The molecule has 1 saturated heterocycles. The van der Waals surface area contributed by atoms with Crippen LogP contribution < -0.4 is 0 Å². The van der Waals surface area contributed by atoms with Crippen molar-refractivity contribution in [2.75, 3.05) is 33.9 Å². The number of benzene rings is 1. The second-order valence-corrected chi connectivity index (χ2v) is 9.09. The number of amides is 1. The standard InChI is InChI=1S/C22H34ClNO5/c1-21(2,3)29-20(25)24-12-8-10-17(14-24)19(16-9-7-11-18(23)13-16)28-15-22(4,26-5)27-6/h7,9,11,13,17,19H,8,10,12,14-15H2,1-6H3. The fourth-order valence-corrected chi connectivity index (χ4v) is 3.58. The Balaban J connectivity index is 2.20. The highest BCUT2D eigenvalue weighted by molar-refractivity contribution is 6.30. The number of hydrogen-bond acceptors (Lipinski definition) is 5. The van der Waals surface area contributed by atoms with Gasteiger partial charge < -0.3 is 23.8 Å². The number of methoxy groups -OCH3 is 2. The van der Waals surface area contributed by atoms with Crippen molar-refractivity contribution >= 4 is 17.7 Å². The van der Waals surface area contributed by atoms with Gasteiger partial charge in [0.15, 0.2) is 5.79 Å². The van der Waals surface area contributed by atoms with E-state index in [0.717, 1.165) is 18.4 Å². The molecule has 0 spiro atoms. The smallest absolute Gasteiger partial charge is 0.410 e. The van der Waals surface area contributed by atoms with Crippen LogP contribution in [0.4, 0.5) is 4.79 Å². The van der Waals surface area contributed by atoms with E-state index in [-0.39, 0.29) is 24.7 Å². The average molecular weight is 428 g/mol. The topological polar surface area (TPSA) is 57.2 Å². The maximum absolute atomic E-state index is 12.6. The molecule has 2 unspecified atom stereocenters. The summed E-state index contributed by atoms with van der Waals surface area (Å²) in [5, 5.41) is 0.650. The quantitative estimate of drug-likeness (QED) is 0.569. The van der Waals surface area contributed by atoms with Gasteiger partial charge in [-0.1, -0.05) is 23.7 Å². The molecule has 0 saturated carbocycles. The molecule has 2 atom stereocenters. The Kier molecular flexibility index (Phi) is 8.35. The first-order valence-corrected chi connectivity index (χ1v) is 10.4. The summed E-state index contributed by atoms with van der Waals surface area (Å²) >= 11 is 6.23. The van der Waals surface area contributed by atoms with E-state index in [9.17, 15) is 4.79 Å². The average Bonchev–Trinajstić information content (AvgIpc) is 2.67. The van der Waals surface area contributed by atoms with Gasteiger partial charge in [-0.05, 0) is 58.2 Å². The second kappa shape index (κ2) is 10.1. The summed E-state index contributed by atoms with van der Waals surface area (Å²) in [6.45, 7) is 8.95. The number of piperidine rings is 1. The zero-order chi connectivity index (χ0) is 21.7. The largest absolute Gasteiger partial charge is 0.444 e. The van der Waals surface area contributed by atoms with E-state index in [2.05, 4.69) is 0 Å². The van der Waals surface area contributed by atoms with Crippen LogP contribution in [0, 0.1) is 5.92 Å². The zero-order valence-electron chi connectivity index (χ0n) is 18.4. The molecule has 0 N–H and O–H groups in total. The predicted molar refractivity (Wildman–Crippen MR) is 113 cm³/mol. The highest BCUT2D eigenvalue weighted by Gasteiger charge is 2.35. The molecule has 0 aliphatic carbocycles. The highest BCUT2D eigenvalue weighted by atomic mass is 35.5. The monoisotopic (exact) mass is 427 g/mol. The normalized spacial score (nSPS) is 19.1. The lowest BCUT2D eigenvalue weighted by Crippen LogP contribution is -2.45. The van der Waals surface area contributed by atoms with Crippen molar-refractivity contribution in [1.29, 1.82) is 0 Å². The summed E-state index contributed by atoms with van der Waals surface area (Å²) in [6, 6.07) is 7.66. The molecule has 1 fully saturated rings. The lowest BCUT2D eigenvalue weighted by Gasteiger charge is -2.38. The molecule has 0 bridgehead atoms. The van der Waals surface area contributed by atoms with E-state index < -0.39 is 11.4 Å². The lowest BCUT2D eigenvalue weighted by molar-refractivity contribution is -0.234. The van der Waals surface area contributed by atoms with Crippen LogP contribution >= 0.6 is 11.6 Å². The Bertz CT molecular complexity index is 671. The van der Waals surface area contributed by atoms with Crippen LogP contribution in [-0.4, -0.2) is 56.3 Å². The first-order valence-electron chi connectivity index (χ1n) is 10.0. The maximum atomic E-state index is 12.6. The Morgan fingerprint density at radius 2 is 1.93 bits per heavy atom. The molecule has 164 valence electrons. The van der Waals surface area contributed by atoms with Crippen molar-refractivity contribution < 1.29 is 23.7 Å². The first-order chi connectivity index (χ1) is 13.6. The zero-order valence-corrected chi connectivity index (χ0v) is 19.1. The molecule has 1 aliphatic rings. The molecular weight excluding hydrogens is 394 g/mol. The van der Waals surface area contributed by atoms with Crippen LogP contribution in [0.3, 0.4) is 0 Å². The minimum atomic E-state index is -0.851. The molecule has 1 heterocycles. The lowest BCUT2D eigenvalue weighted by atomic mass is 9.88. The number of halogens is 1. The number of hydrogen-bond donors (Lipinski definition) is 0.